The Labute approximate surface area is 80.0 Å². The van der Waals surface area contributed by atoms with E-state index >= 15 is 0 Å². The molecule has 4 heteroatoms. The van der Waals surface area contributed by atoms with Crippen molar-refractivity contribution < 1.29 is 4.79 Å². The average Bonchev–Trinajstić information content (AvgIpc) is 2.43. The van der Waals surface area contributed by atoms with E-state index in [0.717, 1.165) is 17.5 Å². The van der Waals surface area contributed by atoms with Crippen molar-refractivity contribution in [3.63, 3.8) is 0 Å². The van der Waals surface area contributed by atoms with Gasteiger partial charge in [-0.2, -0.15) is 0 Å². The number of rotatable bonds is 1. The van der Waals surface area contributed by atoms with Gasteiger partial charge in [0.05, 0.1) is 16.9 Å². The minimum Gasteiger partial charge on any atom is -0.296 e. The molecule has 3 nitrogen and oxygen atoms in total. The minimum absolute atomic E-state index is 0.329. The van der Waals surface area contributed by atoms with E-state index in [4.69, 9.17) is 11.6 Å². The molecular formula is C9H7ClN2O. The summed E-state index contributed by atoms with van der Waals surface area (Å²) in [6, 6.07) is 5.39. The Morgan fingerprint density at radius 3 is 3.00 bits per heavy atom. The van der Waals surface area contributed by atoms with Crippen molar-refractivity contribution in [1.82, 2.24) is 9.38 Å². The van der Waals surface area contributed by atoms with Crippen LogP contribution in [-0.4, -0.2) is 15.7 Å². The average molecular weight is 195 g/mol. The van der Waals surface area contributed by atoms with Crippen LogP contribution in [0.15, 0.2) is 18.2 Å². The molecule has 0 unspecified atom stereocenters. The monoisotopic (exact) mass is 194 g/mol. The lowest BCUT2D eigenvalue weighted by atomic mass is 10.3. The SMILES string of the molecule is Cc1nc(Cl)n2c(C=O)cccc12. The van der Waals surface area contributed by atoms with Gasteiger partial charge < -0.3 is 0 Å². The van der Waals surface area contributed by atoms with Crippen molar-refractivity contribution in [3.8, 4) is 0 Å². The molecular weight excluding hydrogens is 188 g/mol. The number of aryl methyl sites for hydroxylation is 1. The smallest absolute Gasteiger partial charge is 0.208 e. The summed E-state index contributed by atoms with van der Waals surface area (Å²) in [7, 11) is 0. The Morgan fingerprint density at radius 1 is 1.54 bits per heavy atom. The molecule has 0 aliphatic rings. The highest BCUT2D eigenvalue weighted by molar-refractivity contribution is 6.29. The second-order valence-electron chi connectivity index (χ2n) is 2.76. The lowest BCUT2D eigenvalue weighted by Crippen LogP contribution is -1.93. The minimum atomic E-state index is 0.329. The second-order valence-corrected chi connectivity index (χ2v) is 3.09. The standard InChI is InChI=1S/C9H7ClN2O/c1-6-8-4-2-3-7(5-13)12(8)9(10)11-6/h2-5H,1H3. The third-order valence-corrected chi connectivity index (χ3v) is 2.21. The highest BCUT2D eigenvalue weighted by Gasteiger charge is 2.07. The lowest BCUT2D eigenvalue weighted by Gasteiger charge is -1.98. The van der Waals surface area contributed by atoms with E-state index in [1.54, 1.807) is 10.5 Å². The van der Waals surface area contributed by atoms with Crippen LogP contribution in [0.3, 0.4) is 0 Å². The van der Waals surface area contributed by atoms with Crippen molar-refractivity contribution >= 4 is 23.4 Å². The van der Waals surface area contributed by atoms with Crippen molar-refractivity contribution in [1.29, 1.82) is 0 Å². The van der Waals surface area contributed by atoms with E-state index in [0.29, 0.717) is 11.0 Å². The summed E-state index contributed by atoms with van der Waals surface area (Å²) in [4.78, 5) is 14.7. The number of fused-ring (bicyclic) bond motifs is 1. The molecule has 0 aromatic carbocycles. The van der Waals surface area contributed by atoms with Crippen LogP contribution in [0.2, 0.25) is 5.28 Å². The fourth-order valence-corrected chi connectivity index (χ4v) is 1.67. The summed E-state index contributed by atoms with van der Waals surface area (Å²) >= 11 is 5.85. The van der Waals surface area contributed by atoms with Gasteiger partial charge >= 0.3 is 0 Å². The number of hydrogen-bond donors (Lipinski definition) is 0. The molecule has 66 valence electrons. The van der Waals surface area contributed by atoms with Gasteiger partial charge in [0.25, 0.3) is 0 Å². The van der Waals surface area contributed by atoms with E-state index in [1.165, 1.54) is 0 Å². The molecule has 2 aromatic heterocycles. The van der Waals surface area contributed by atoms with Crippen molar-refractivity contribution in [2.45, 2.75) is 6.92 Å². The molecule has 0 N–H and O–H groups in total. The lowest BCUT2D eigenvalue weighted by molar-refractivity contribution is 0.111. The zero-order valence-electron chi connectivity index (χ0n) is 6.99. The van der Waals surface area contributed by atoms with Crippen molar-refractivity contribution in [3.05, 3.63) is 34.9 Å². The first-order valence-electron chi connectivity index (χ1n) is 3.83. The molecule has 0 saturated carbocycles. The van der Waals surface area contributed by atoms with Gasteiger partial charge in [-0.15, -0.1) is 0 Å². The molecule has 0 spiro atoms. The number of pyridine rings is 1. The molecule has 0 amide bonds. The van der Waals surface area contributed by atoms with E-state index in [9.17, 15) is 4.79 Å². The normalized spacial score (nSPS) is 10.6. The van der Waals surface area contributed by atoms with Crippen LogP contribution in [0.4, 0.5) is 0 Å². The van der Waals surface area contributed by atoms with Crippen LogP contribution in [0.1, 0.15) is 16.2 Å². The molecule has 13 heavy (non-hydrogen) atoms. The van der Waals surface area contributed by atoms with E-state index in [1.807, 2.05) is 19.1 Å². The fourth-order valence-electron chi connectivity index (χ4n) is 1.35. The Bertz CT molecular complexity index is 476. The van der Waals surface area contributed by atoms with Crippen molar-refractivity contribution in [2.24, 2.45) is 0 Å². The van der Waals surface area contributed by atoms with Gasteiger partial charge in [-0.3, -0.25) is 9.20 Å². The fraction of sp³-hybridized carbons (Fsp3) is 0.111. The van der Waals surface area contributed by atoms with E-state index in [2.05, 4.69) is 4.98 Å². The summed E-state index contributed by atoms with van der Waals surface area (Å²) in [5.74, 6) is 0. The van der Waals surface area contributed by atoms with Crippen LogP contribution in [0.5, 0.6) is 0 Å². The number of aldehydes is 1. The van der Waals surface area contributed by atoms with Crippen LogP contribution in [-0.2, 0) is 0 Å². The summed E-state index contributed by atoms with van der Waals surface area (Å²) < 4.78 is 1.63. The number of carbonyl (C=O) groups is 1. The molecule has 2 aromatic rings. The molecule has 0 bridgehead atoms. The van der Waals surface area contributed by atoms with Crippen LogP contribution < -0.4 is 0 Å². The molecule has 2 heterocycles. The number of aromatic nitrogens is 2. The molecule has 0 fully saturated rings. The largest absolute Gasteiger partial charge is 0.296 e. The molecule has 2 rings (SSSR count). The first-order chi connectivity index (χ1) is 6.24. The topological polar surface area (TPSA) is 34.4 Å². The summed E-state index contributed by atoms with van der Waals surface area (Å²) in [5.41, 5.74) is 2.21. The van der Waals surface area contributed by atoms with Gasteiger partial charge in [-0.05, 0) is 30.7 Å². The predicted octanol–water partition coefficient (Wildman–Crippen LogP) is 2.11. The number of hydrogen-bond acceptors (Lipinski definition) is 2. The van der Waals surface area contributed by atoms with Crippen molar-refractivity contribution in [2.75, 3.05) is 0 Å². The van der Waals surface area contributed by atoms with Gasteiger partial charge in [0.15, 0.2) is 6.29 Å². The number of carbonyl (C=O) groups excluding carboxylic acids is 1. The Balaban J connectivity index is 2.96. The second kappa shape index (κ2) is 2.85. The quantitative estimate of drug-likeness (QED) is 0.652. The van der Waals surface area contributed by atoms with Gasteiger partial charge in [0.2, 0.25) is 5.28 Å². The Morgan fingerprint density at radius 2 is 2.31 bits per heavy atom. The number of nitrogens with zero attached hydrogens (tertiary/aromatic N) is 2. The van der Waals surface area contributed by atoms with Gasteiger partial charge in [-0.25, -0.2) is 4.98 Å². The zero-order chi connectivity index (χ0) is 9.42. The molecule has 0 aliphatic carbocycles. The Kier molecular flexibility index (Phi) is 1.81. The third kappa shape index (κ3) is 1.12. The number of imidazole rings is 1. The first kappa shape index (κ1) is 8.26. The zero-order valence-corrected chi connectivity index (χ0v) is 7.75. The Hall–Kier alpha value is -1.35. The predicted molar refractivity (Wildman–Crippen MR) is 50.3 cm³/mol. The number of halogens is 1. The summed E-state index contributed by atoms with van der Waals surface area (Å²) in [5, 5.41) is 0.329. The molecule has 0 saturated heterocycles. The van der Waals surface area contributed by atoms with Gasteiger partial charge in [0, 0.05) is 0 Å². The van der Waals surface area contributed by atoms with Crippen LogP contribution in [0.25, 0.3) is 5.52 Å². The summed E-state index contributed by atoms with van der Waals surface area (Å²) in [6.07, 6.45) is 0.764. The molecule has 0 aliphatic heterocycles. The van der Waals surface area contributed by atoms with E-state index in [-0.39, 0.29) is 0 Å². The highest BCUT2D eigenvalue weighted by atomic mass is 35.5. The maximum absolute atomic E-state index is 10.7. The maximum atomic E-state index is 10.7. The third-order valence-electron chi connectivity index (χ3n) is 1.96. The van der Waals surface area contributed by atoms with Crippen LogP contribution in [0, 0.1) is 6.92 Å². The molecule has 0 atom stereocenters. The van der Waals surface area contributed by atoms with E-state index < -0.39 is 0 Å². The highest BCUT2D eigenvalue weighted by Crippen LogP contribution is 2.17. The molecule has 0 radical (unpaired) electrons. The van der Waals surface area contributed by atoms with Crippen LogP contribution >= 0.6 is 11.6 Å². The first-order valence-corrected chi connectivity index (χ1v) is 4.20. The summed E-state index contributed by atoms with van der Waals surface area (Å²) in [6.45, 7) is 1.86. The van der Waals surface area contributed by atoms with Gasteiger partial charge in [0.1, 0.15) is 0 Å². The maximum Gasteiger partial charge on any atom is 0.208 e. The van der Waals surface area contributed by atoms with Gasteiger partial charge in [-0.1, -0.05) is 6.07 Å².